The first-order valence-electron chi connectivity index (χ1n) is 4.19. The highest BCUT2D eigenvalue weighted by molar-refractivity contribution is 5.24. The van der Waals surface area contributed by atoms with E-state index in [1.165, 1.54) is 0 Å². The van der Waals surface area contributed by atoms with Crippen molar-refractivity contribution in [2.45, 2.75) is 31.5 Å². The monoisotopic (exact) mass is 170 g/mol. The van der Waals surface area contributed by atoms with Gasteiger partial charge < -0.3 is 14.2 Å². The van der Waals surface area contributed by atoms with Gasteiger partial charge in [-0.05, 0) is 13.8 Å². The predicted octanol–water partition coefficient (Wildman–Crippen LogP) is 1.44. The molecule has 0 radical (unpaired) electrons. The fourth-order valence-corrected chi connectivity index (χ4v) is 1.71. The van der Waals surface area contributed by atoms with Crippen molar-refractivity contribution in [2.24, 2.45) is 0 Å². The van der Waals surface area contributed by atoms with Gasteiger partial charge in [0.25, 0.3) is 5.95 Å². The molecule has 0 bridgehead atoms. The third kappa shape index (κ3) is 0.926. The van der Waals surface area contributed by atoms with Gasteiger partial charge in [-0.1, -0.05) is 0 Å². The molecule has 3 heteroatoms. The summed E-state index contributed by atoms with van der Waals surface area (Å²) >= 11 is 0. The van der Waals surface area contributed by atoms with Gasteiger partial charge in [-0.2, -0.15) is 0 Å². The largest absolute Gasteiger partial charge is 0.469 e. The summed E-state index contributed by atoms with van der Waals surface area (Å²) in [5.74, 6) is 0.590. The van der Waals surface area contributed by atoms with Crippen molar-refractivity contribution in [1.82, 2.24) is 0 Å². The van der Waals surface area contributed by atoms with Crippen molar-refractivity contribution >= 4 is 0 Å². The molecule has 1 saturated heterocycles. The SMILES string of the molecule is COC1=CC2(CCO1)OC2(C)C. The van der Waals surface area contributed by atoms with Gasteiger partial charge in [-0.25, -0.2) is 0 Å². The zero-order valence-electron chi connectivity index (χ0n) is 7.72. The van der Waals surface area contributed by atoms with Gasteiger partial charge in [-0.3, -0.25) is 0 Å². The fraction of sp³-hybridized carbons (Fsp3) is 0.778. The molecule has 12 heavy (non-hydrogen) atoms. The molecule has 0 amide bonds. The molecule has 2 heterocycles. The van der Waals surface area contributed by atoms with Crippen LogP contribution in [-0.2, 0) is 14.2 Å². The number of hydrogen-bond donors (Lipinski definition) is 0. The Kier molecular flexibility index (Phi) is 1.43. The minimum atomic E-state index is -0.114. The van der Waals surface area contributed by atoms with E-state index in [1.807, 2.05) is 6.08 Å². The second kappa shape index (κ2) is 2.16. The summed E-state index contributed by atoms with van der Waals surface area (Å²) in [6.45, 7) is 4.85. The van der Waals surface area contributed by atoms with E-state index < -0.39 is 0 Å². The van der Waals surface area contributed by atoms with E-state index in [1.54, 1.807) is 7.11 Å². The average molecular weight is 170 g/mol. The first-order chi connectivity index (χ1) is 5.60. The molecular formula is C9H14O3. The molecule has 1 unspecified atom stereocenters. The van der Waals surface area contributed by atoms with Crippen LogP contribution in [0, 0.1) is 0 Å². The molecule has 68 valence electrons. The molecule has 2 rings (SSSR count). The van der Waals surface area contributed by atoms with Crippen molar-refractivity contribution in [3.8, 4) is 0 Å². The highest BCUT2D eigenvalue weighted by Crippen LogP contribution is 2.53. The summed E-state index contributed by atoms with van der Waals surface area (Å²) in [6.07, 6.45) is 2.86. The second-order valence-corrected chi connectivity index (χ2v) is 3.77. The molecule has 0 aromatic carbocycles. The van der Waals surface area contributed by atoms with Crippen LogP contribution in [0.5, 0.6) is 0 Å². The molecule has 1 fully saturated rings. The highest BCUT2D eigenvalue weighted by Gasteiger charge is 2.63. The van der Waals surface area contributed by atoms with Crippen molar-refractivity contribution in [3.05, 3.63) is 12.0 Å². The van der Waals surface area contributed by atoms with Crippen LogP contribution in [0.25, 0.3) is 0 Å². The lowest BCUT2D eigenvalue weighted by atomic mass is 9.92. The normalized spacial score (nSPS) is 37.1. The number of hydrogen-bond acceptors (Lipinski definition) is 3. The van der Waals surface area contributed by atoms with E-state index in [9.17, 15) is 0 Å². The van der Waals surface area contributed by atoms with E-state index in [0.29, 0.717) is 12.6 Å². The zero-order chi connectivity index (χ0) is 8.82. The van der Waals surface area contributed by atoms with Crippen LogP contribution >= 0.6 is 0 Å². The Balaban J connectivity index is 2.20. The average Bonchev–Trinajstić information content (AvgIpc) is 2.52. The minimum absolute atomic E-state index is 0.0411. The summed E-state index contributed by atoms with van der Waals surface area (Å²) in [7, 11) is 1.61. The van der Waals surface area contributed by atoms with Gasteiger partial charge in [0.1, 0.15) is 5.60 Å². The smallest absolute Gasteiger partial charge is 0.277 e. The number of rotatable bonds is 1. The lowest BCUT2D eigenvalue weighted by molar-refractivity contribution is 0.0353. The Morgan fingerprint density at radius 1 is 1.50 bits per heavy atom. The van der Waals surface area contributed by atoms with Gasteiger partial charge in [0.05, 0.1) is 19.3 Å². The summed E-state index contributed by atoms with van der Waals surface area (Å²) < 4.78 is 15.9. The van der Waals surface area contributed by atoms with Crippen LogP contribution in [-0.4, -0.2) is 24.9 Å². The van der Waals surface area contributed by atoms with E-state index in [4.69, 9.17) is 14.2 Å². The van der Waals surface area contributed by atoms with Crippen LogP contribution in [0.2, 0.25) is 0 Å². The minimum Gasteiger partial charge on any atom is -0.469 e. The number of epoxide rings is 1. The highest BCUT2D eigenvalue weighted by atomic mass is 16.7. The maximum atomic E-state index is 5.63. The third-order valence-electron chi connectivity index (χ3n) is 2.68. The van der Waals surface area contributed by atoms with Crippen LogP contribution in [0.3, 0.4) is 0 Å². The molecule has 0 saturated carbocycles. The molecule has 2 aliphatic rings. The number of ether oxygens (including phenoxy) is 3. The van der Waals surface area contributed by atoms with Gasteiger partial charge in [-0.15, -0.1) is 0 Å². The van der Waals surface area contributed by atoms with Gasteiger partial charge in [0, 0.05) is 12.5 Å². The summed E-state index contributed by atoms with van der Waals surface area (Å²) in [5, 5.41) is 0. The van der Waals surface area contributed by atoms with Crippen LogP contribution in [0.4, 0.5) is 0 Å². The molecule has 2 aliphatic heterocycles. The summed E-state index contributed by atoms with van der Waals surface area (Å²) in [4.78, 5) is 0. The maximum Gasteiger partial charge on any atom is 0.277 e. The topological polar surface area (TPSA) is 31.0 Å². The van der Waals surface area contributed by atoms with Crippen molar-refractivity contribution in [2.75, 3.05) is 13.7 Å². The molecule has 0 aromatic heterocycles. The Hall–Kier alpha value is -0.700. The molecule has 1 atom stereocenters. The Bertz CT molecular complexity index is 232. The van der Waals surface area contributed by atoms with E-state index in [0.717, 1.165) is 6.42 Å². The first-order valence-corrected chi connectivity index (χ1v) is 4.19. The molecule has 0 N–H and O–H groups in total. The Labute approximate surface area is 72.3 Å². The zero-order valence-corrected chi connectivity index (χ0v) is 7.72. The van der Waals surface area contributed by atoms with Gasteiger partial charge >= 0.3 is 0 Å². The first kappa shape index (κ1) is 7.92. The van der Waals surface area contributed by atoms with Crippen molar-refractivity contribution in [1.29, 1.82) is 0 Å². The molecule has 3 nitrogen and oxygen atoms in total. The van der Waals surface area contributed by atoms with Crippen LogP contribution in [0.1, 0.15) is 20.3 Å². The maximum absolute atomic E-state index is 5.63. The van der Waals surface area contributed by atoms with E-state index in [-0.39, 0.29) is 11.2 Å². The Morgan fingerprint density at radius 3 is 2.67 bits per heavy atom. The molecule has 0 aromatic rings. The quantitative estimate of drug-likeness (QED) is 0.558. The van der Waals surface area contributed by atoms with E-state index in [2.05, 4.69) is 13.8 Å². The standard InChI is InChI=1S/C9H14O3/c1-8(2)9(12-8)4-5-11-7(6-9)10-3/h6H,4-5H2,1-3H3. The summed E-state index contributed by atoms with van der Waals surface area (Å²) in [5.41, 5.74) is -0.156. The Morgan fingerprint density at radius 2 is 2.17 bits per heavy atom. The number of methoxy groups -OCH3 is 1. The third-order valence-corrected chi connectivity index (χ3v) is 2.68. The fourth-order valence-electron chi connectivity index (χ4n) is 1.71. The lowest BCUT2D eigenvalue weighted by Crippen LogP contribution is -2.25. The van der Waals surface area contributed by atoms with Crippen molar-refractivity contribution in [3.63, 3.8) is 0 Å². The van der Waals surface area contributed by atoms with Crippen LogP contribution < -0.4 is 0 Å². The lowest BCUT2D eigenvalue weighted by Gasteiger charge is -2.19. The second-order valence-electron chi connectivity index (χ2n) is 3.77. The molecule has 1 spiro atoms. The van der Waals surface area contributed by atoms with Gasteiger partial charge in [0.2, 0.25) is 0 Å². The van der Waals surface area contributed by atoms with Crippen molar-refractivity contribution < 1.29 is 14.2 Å². The van der Waals surface area contributed by atoms with E-state index >= 15 is 0 Å². The van der Waals surface area contributed by atoms with Gasteiger partial charge in [0.15, 0.2) is 0 Å². The molecule has 0 aliphatic carbocycles. The van der Waals surface area contributed by atoms with Crippen LogP contribution in [0.15, 0.2) is 12.0 Å². The summed E-state index contributed by atoms with van der Waals surface area (Å²) in [6, 6.07) is 0. The predicted molar refractivity (Wildman–Crippen MR) is 43.6 cm³/mol. The molecular weight excluding hydrogens is 156 g/mol.